The van der Waals surface area contributed by atoms with Gasteiger partial charge in [-0.05, 0) is 25.7 Å². The fourth-order valence-electron chi connectivity index (χ4n) is 3.47. The highest BCUT2D eigenvalue weighted by molar-refractivity contribution is 5.07. The van der Waals surface area contributed by atoms with Gasteiger partial charge in [0.05, 0.1) is 11.5 Å². The highest BCUT2D eigenvalue weighted by atomic mass is 16.5. The average Bonchev–Trinajstić information content (AvgIpc) is 3.08. The molecule has 1 saturated carbocycles. The predicted molar refractivity (Wildman–Crippen MR) is 75.4 cm³/mol. The molecule has 1 aliphatic heterocycles. The molecule has 0 radical (unpaired) electrons. The molecule has 2 fully saturated rings. The van der Waals surface area contributed by atoms with Crippen molar-refractivity contribution in [3.05, 3.63) is 11.7 Å². The van der Waals surface area contributed by atoms with Crippen LogP contribution in [-0.4, -0.2) is 29.4 Å². The quantitative estimate of drug-likeness (QED) is 0.856. The zero-order valence-electron chi connectivity index (χ0n) is 12.1. The maximum Gasteiger partial charge on any atom is 0.234 e. The molecule has 1 unspecified atom stereocenters. The zero-order chi connectivity index (χ0) is 13.8. The van der Waals surface area contributed by atoms with E-state index < -0.39 is 0 Å². The molecule has 0 amide bonds. The van der Waals surface area contributed by atoms with E-state index in [2.05, 4.69) is 10.1 Å². The van der Waals surface area contributed by atoms with E-state index in [1.165, 1.54) is 25.7 Å². The summed E-state index contributed by atoms with van der Waals surface area (Å²) >= 11 is 0. The van der Waals surface area contributed by atoms with Gasteiger partial charge in [0.2, 0.25) is 5.89 Å². The molecule has 1 aliphatic carbocycles. The van der Waals surface area contributed by atoms with Gasteiger partial charge in [0.25, 0.3) is 0 Å². The van der Waals surface area contributed by atoms with Crippen molar-refractivity contribution < 1.29 is 9.26 Å². The lowest BCUT2D eigenvalue weighted by molar-refractivity contribution is 0.109. The third-order valence-corrected chi connectivity index (χ3v) is 4.81. The van der Waals surface area contributed by atoms with Crippen LogP contribution in [0.2, 0.25) is 0 Å². The van der Waals surface area contributed by atoms with E-state index in [4.69, 9.17) is 15.0 Å². The molecule has 5 nitrogen and oxygen atoms in total. The van der Waals surface area contributed by atoms with Crippen LogP contribution in [0.5, 0.6) is 0 Å². The highest BCUT2D eigenvalue weighted by Crippen LogP contribution is 2.36. The molecule has 112 valence electrons. The molecule has 2 heterocycles. The van der Waals surface area contributed by atoms with Crippen molar-refractivity contribution in [2.24, 2.45) is 5.73 Å². The van der Waals surface area contributed by atoms with Crippen molar-refractivity contribution in [3.8, 4) is 0 Å². The first kappa shape index (κ1) is 14.0. The SMILES string of the molecule is NCC1(c2nc(CC3CCCO3)no2)CCCCCC1. The normalized spacial score (nSPS) is 26.6. The third-order valence-electron chi connectivity index (χ3n) is 4.81. The summed E-state index contributed by atoms with van der Waals surface area (Å²) in [6, 6.07) is 0. The maximum atomic E-state index is 6.06. The number of nitrogens with zero attached hydrogens (tertiary/aromatic N) is 2. The summed E-state index contributed by atoms with van der Waals surface area (Å²) in [6.07, 6.45) is 10.4. The van der Waals surface area contributed by atoms with E-state index in [-0.39, 0.29) is 11.5 Å². The molecule has 1 saturated heterocycles. The maximum absolute atomic E-state index is 6.06. The predicted octanol–water partition coefficient (Wildman–Crippen LogP) is 2.34. The van der Waals surface area contributed by atoms with E-state index >= 15 is 0 Å². The van der Waals surface area contributed by atoms with Crippen molar-refractivity contribution in [1.29, 1.82) is 0 Å². The number of hydrogen-bond acceptors (Lipinski definition) is 5. The highest BCUT2D eigenvalue weighted by Gasteiger charge is 2.37. The van der Waals surface area contributed by atoms with Crippen LogP contribution in [0.3, 0.4) is 0 Å². The summed E-state index contributed by atoms with van der Waals surface area (Å²) in [5.74, 6) is 1.54. The van der Waals surface area contributed by atoms with Gasteiger partial charge in [-0.15, -0.1) is 0 Å². The van der Waals surface area contributed by atoms with Crippen molar-refractivity contribution >= 4 is 0 Å². The minimum atomic E-state index is -0.0850. The van der Waals surface area contributed by atoms with Crippen LogP contribution in [0.25, 0.3) is 0 Å². The smallest absolute Gasteiger partial charge is 0.234 e. The van der Waals surface area contributed by atoms with Gasteiger partial charge in [-0.1, -0.05) is 30.8 Å². The summed E-state index contributed by atoms with van der Waals surface area (Å²) < 4.78 is 11.2. The fraction of sp³-hybridized carbons (Fsp3) is 0.867. The molecule has 5 heteroatoms. The molecule has 1 atom stereocenters. The first-order chi connectivity index (χ1) is 9.82. The standard InChI is InChI=1S/C15H25N3O2/c16-11-15(7-3-1-2-4-8-15)14-17-13(18-20-14)10-12-6-5-9-19-12/h12H,1-11,16H2. The second-order valence-corrected chi connectivity index (χ2v) is 6.25. The first-order valence-corrected chi connectivity index (χ1v) is 7.97. The Balaban J connectivity index is 1.72. The second-order valence-electron chi connectivity index (χ2n) is 6.25. The van der Waals surface area contributed by atoms with Crippen LogP contribution in [0, 0.1) is 0 Å². The van der Waals surface area contributed by atoms with Gasteiger partial charge in [0.15, 0.2) is 5.82 Å². The van der Waals surface area contributed by atoms with E-state index in [9.17, 15) is 0 Å². The van der Waals surface area contributed by atoms with E-state index in [0.717, 1.165) is 50.4 Å². The minimum Gasteiger partial charge on any atom is -0.378 e. The number of ether oxygens (including phenoxy) is 1. The van der Waals surface area contributed by atoms with Crippen LogP contribution in [-0.2, 0) is 16.6 Å². The molecule has 3 rings (SSSR count). The van der Waals surface area contributed by atoms with Crippen LogP contribution in [0.1, 0.15) is 63.1 Å². The van der Waals surface area contributed by atoms with Gasteiger partial charge < -0.3 is 15.0 Å². The first-order valence-electron chi connectivity index (χ1n) is 7.97. The summed E-state index contributed by atoms with van der Waals surface area (Å²) in [6.45, 7) is 1.47. The second kappa shape index (κ2) is 6.22. The Kier molecular flexibility index (Phi) is 4.36. The number of hydrogen-bond donors (Lipinski definition) is 1. The Morgan fingerprint density at radius 2 is 1.95 bits per heavy atom. The Hall–Kier alpha value is -0.940. The summed E-state index contributed by atoms with van der Waals surface area (Å²) in [4.78, 5) is 4.64. The van der Waals surface area contributed by atoms with Crippen LogP contribution >= 0.6 is 0 Å². The summed E-state index contributed by atoms with van der Waals surface area (Å²) in [5, 5.41) is 4.16. The molecule has 2 N–H and O–H groups in total. The monoisotopic (exact) mass is 279 g/mol. The lowest BCUT2D eigenvalue weighted by atomic mass is 9.80. The molecule has 0 bridgehead atoms. The minimum absolute atomic E-state index is 0.0850. The molecule has 0 spiro atoms. The van der Waals surface area contributed by atoms with Gasteiger partial charge in [-0.25, -0.2) is 0 Å². The molecular weight excluding hydrogens is 254 g/mol. The number of aromatic nitrogens is 2. The van der Waals surface area contributed by atoms with Crippen molar-refractivity contribution in [1.82, 2.24) is 10.1 Å². The van der Waals surface area contributed by atoms with E-state index in [1.807, 2.05) is 0 Å². The lowest BCUT2D eigenvalue weighted by Crippen LogP contribution is -2.35. The molecule has 2 aliphatic rings. The van der Waals surface area contributed by atoms with Crippen molar-refractivity contribution in [2.45, 2.75) is 69.3 Å². The molecular formula is C15H25N3O2. The van der Waals surface area contributed by atoms with Gasteiger partial charge >= 0.3 is 0 Å². The Labute approximate surface area is 120 Å². The average molecular weight is 279 g/mol. The van der Waals surface area contributed by atoms with Gasteiger partial charge in [0.1, 0.15) is 0 Å². The molecule has 0 aromatic carbocycles. The Morgan fingerprint density at radius 1 is 1.15 bits per heavy atom. The van der Waals surface area contributed by atoms with E-state index in [0.29, 0.717) is 6.54 Å². The molecule has 1 aromatic rings. The van der Waals surface area contributed by atoms with Crippen LogP contribution < -0.4 is 5.73 Å². The number of nitrogens with two attached hydrogens (primary N) is 1. The lowest BCUT2D eigenvalue weighted by Gasteiger charge is -2.26. The van der Waals surface area contributed by atoms with Gasteiger partial charge in [0, 0.05) is 19.6 Å². The third kappa shape index (κ3) is 2.88. The Bertz CT molecular complexity index is 419. The van der Waals surface area contributed by atoms with Gasteiger partial charge in [-0.2, -0.15) is 4.98 Å². The summed E-state index contributed by atoms with van der Waals surface area (Å²) in [5.41, 5.74) is 5.98. The van der Waals surface area contributed by atoms with Crippen LogP contribution in [0.4, 0.5) is 0 Å². The zero-order valence-corrected chi connectivity index (χ0v) is 12.1. The fourth-order valence-corrected chi connectivity index (χ4v) is 3.47. The van der Waals surface area contributed by atoms with Crippen molar-refractivity contribution in [3.63, 3.8) is 0 Å². The topological polar surface area (TPSA) is 74.2 Å². The summed E-state index contributed by atoms with van der Waals surface area (Å²) in [7, 11) is 0. The van der Waals surface area contributed by atoms with Crippen molar-refractivity contribution in [2.75, 3.05) is 13.2 Å². The van der Waals surface area contributed by atoms with Gasteiger partial charge in [-0.3, -0.25) is 0 Å². The van der Waals surface area contributed by atoms with Crippen LogP contribution in [0.15, 0.2) is 4.52 Å². The van der Waals surface area contributed by atoms with E-state index in [1.54, 1.807) is 0 Å². The Morgan fingerprint density at radius 3 is 2.60 bits per heavy atom. The number of rotatable bonds is 4. The largest absolute Gasteiger partial charge is 0.378 e. The molecule has 20 heavy (non-hydrogen) atoms. The molecule has 1 aromatic heterocycles.